The lowest BCUT2D eigenvalue weighted by Gasteiger charge is -2.19. The van der Waals surface area contributed by atoms with E-state index >= 15 is 0 Å². The highest BCUT2D eigenvalue weighted by atomic mass is 79.9. The number of halogens is 1. The fraction of sp³-hybridized carbons (Fsp3) is 0.429. The summed E-state index contributed by atoms with van der Waals surface area (Å²) in [6.45, 7) is 5.23. The van der Waals surface area contributed by atoms with Gasteiger partial charge in [0, 0.05) is 11.5 Å². The maximum Gasteiger partial charge on any atom is 0.0798 e. The van der Waals surface area contributed by atoms with Gasteiger partial charge in [-0.05, 0) is 37.1 Å². The Morgan fingerprint density at radius 2 is 2.21 bits per heavy atom. The molecule has 102 valence electrons. The molecule has 5 heteroatoms. The molecule has 1 aromatic heterocycles. The monoisotopic (exact) mass is 322 g/mol. The normalized spacial score (nSPS) is 12.6. The number of nitrogens with zero attached hydrogens (tertiary/aromatic N) is 3. The first-order valence-electron chi connectivity index (χ1n) is 6.47. The lowest BCUT2D eigenvalue weighted by molar-refractivity contribution is 0.550. The average molecular weight is 323 g/mol. The molecular weight excluding hydrogens is 304 g/mol. The Hall–Kier alpha value is -1.20. The topological polar surface area (TPSA) is 42.7 Å². The van der Waals surface area contributed by atoms with Crippen molar-refractivity contribution in [1.82, 2.24) is 20.3 Å². The van der Waals surface area contributed by atoms with Crippen molar-refractivity contribution in [3.63, 3.8) is 0 Å². The fourth-order valence-electron chi connectivity index (χ4n) is 2.09. The van der Waals surface area contributed by atoms with Gasteiger partial charge < -0.3 is 5.32 Å². The van der Waals surface area contributed by atoms with E-state index in [1.54, 1.807) is 0 Å². The summed E-state index contributed by atoms with van der Waals surface area (Å²) in [5.74, 6) is 0. The van der Waals surface area contributed by atoms with Crippen molar-refractivity contribution in [2.24, 2.45) is 7.05 Å². The van der Waals surface area contributed by atoms with Crippen LogP contribution in [0.4, 0.5) is 0 Å². The second-order valence-electron chi connectivity index (χ2n) is 4.68. The lowest BCUT2D eigenvalue weighted by atomic mass is 10.0. The predicted molar refractivity (Wildman–Crippen MR) is 80.0 cm³/mol. The maximum atomic E-state index is 4.03. The molecular formula is C14H19BrN4. The van der Waals surface area contributed by atoms with Gasteiger partial charge in [-0.1, -0.05) is 40.2 Å². The zero-order chi connectivity index (χ0) is 13.8. The van der Waals surface area contributed by atoms with Crippen molar-refractivity contribution < 1.29 is 0 Å². The van der Waals surface area contributed by atoms with Crippen molar-refractivity contribution in [2.45, 2.75) is 26.3 Å². The van der Waals surface area contributed by atoms with Crippen LogP contribution in [0.2, 0.25) is 0 Å². The Morgan fingerprint density at radius 1 is 1.42 bits per heavy atom. The Kier molecular flexibility index (Phi) is 4.71. The van der Waals surface area contributed by atoms with Gasteiger partial charge in [0.15, 0.2) is 0 Å². The molecule has 0 amide bonds. The van der Waals surface area contributed by atoms with Crippen molar-refractivity contribution in [3.05, 3.63) is 45.7 Å². The van der Waals surface area contributed by atoms with E-state index in [4.69, 9.17) is 0 Å². The summed E-state index contributed by atoms with van der Waals surface area (Å²) in [5, 5.41) is 11.6. The lowest BCUT2D eigenvalue weighted by Crippen LogP contribution is -2.25. The molecule has 0 spiro atoms. The van der Waals surface area contributed by atoms with Gasteiger partial charge in [-0.15, -0.1) is 5.10 Å². The Bertz CT molecular complexity index is 550. The average Bonchev–Trinajstić information content (AvgIpc) is 2.80. The van der Waals surface area contributed by atoms with Crippen LogP contribution in [0.1, 0.15) is 36.2 Å². The molecule has 0 bridgehead atoms. The number of hydrogen-bond acceptors (Lipinski definition) is 3. The first-order valence-corrected chi connectivity index (χ1v) is 7.26. The quantitative estimate of drug-likeness (QED) is 0.920. The van der Waals surface area contributed by atoms with Crippen LogP contribution in [-0.4, -0.2) is 21.5 Å². The molecule has 1 atom stereocenters. The molecule has 0 fully saturated rings. The SMILES string of the molecule is CCCNC(c1ccc(Br)c(C)c1)c1cnnn1C. The molecule has 0 saturated heterocycles. The highest BCUT2D eigenvalue weighted by Crippen LogP contribution is 2.25. The molecule has 0 radical (unpaired) electrons. The second kappa shape index (κ2) is 6.30. The van der Waals surface area contributed by atoms with E-state index in [0.717, 1.165) is 23.1 Å². The summed E-state index contributed by atoms with van der Waals surface area (Å²) in [5.41, 5.74) is 3.55. The van der Waals surface area contributed by atoms with Crippen molar-refractivity contribution in [3.8, 4) is 0 Å². The number of aryl methyl sites for hydroxylation is 2. The predicted octanol–water partition coefficient (Wildman–Crippen LogP) is 2.98. The van der Waals surface area contributed by atoms with Crippen LogP contribution in [-0.2, 0) is 7.05 Å². The van der Waals surface area contributed by atoms with E-state index in [9.17, 15) is 0 Å². The van der Waals surface area contributed by atoms with Crippen molar-refractivity contribution in [2.75, 3.05) is 6.54 Å². The van der Waals surface area contributed by atoms with E-state index in [0.29, 0.717) is 0 Å². The smallest absolute Gasteiger partial charge is 0.0798 e. The van der Waals surface area contributed by atoms with Gasteiger partial charge in [-0.2, -0.15) is 0 Å². The van der Waals surface area contributed by atoms with Crippen LogP contribution in [0.3, 0.4) is 0 Å². The van der Waals surface area contributed by atoms with E-state index in [-0.39, 0.29) is 6.04 Å². The van der Waals surface area contributed by atoms with Crippen LogP contribution in [0.25, 0.3) is 0 Å². The summed E-state index contributed by atoms with van der Waals surface area (Å²) in [6.07, 6.45) is 2.92. The van der Waals surface area contributed by atoms with Crippen LogP contribution in [0.15, 0.2) is 28.9 Å². The Balaban J connectivity index is 2.37. The Morgan fingerprint density at radius 3 is 2.79 bits per heavy atom. The summed E-state index contributed by atoms with van der Waals surface area (Å²) in [7, 11) is 1.93. The number of rotatable bonds is 5. The minimum absolute atomic E-state index is 0.131. The standard InChI is InChI=1S/C14H19BrN4/c1-4-7-16-14(13-9-17-18-19(13)3)11-5-6-12(15)10(2)8-11/h5-6,8-9,14,16H,4,7H2,1-3H3. The molecule has 2 rings (SSSR count). The van der Waals surface area contributed by atoms with Crippen LogP contribution in [0, 0.1) is 6.92 Å². The number of nitrogens with one attached hydrogen (secondary N) is 1. The van der Waals surface area contributed by atoms with E-state index in [2.05, 4.69) is 63.6 Å². The first-order chi connectivity index (χ1) is 9.13. The van der Waals surface area contributed by atoms with Gasteiger partial charge in [0.05, 0.1) is 17.9 Å². The first kappa shape index (κ1) is 14.2. The van der Waals surface area contributed by atoms with Gasteiger partial charge >= 0.3 is 0 Å². The van der Waals surface area contributed by atoms with Gasteiger partial charge in [0.25, 0.3) is 0 Å². The maximum absolute atomic E-state index is 4.03. The van der Waals surface area contributed by atoms with Crippen molar-refractivity contribution in [1.29, 1.82) is 0 Å². The van der Waals surface area contributed by atoms with Gasteiger partial charge in [-0.3, -0.25) is 4.68 Å². The molecule has 0 aliphatic rings. The molecule has 4 nitrogen and oxygen atoms in total. The minimum Gasteiger partial charge on any atom is -0.305 e. The molecule has 1 heterocycles. The third-order valence-corrected chi connectivity index (χ3v) is 4.05. The van der Waals surface area contributed by atoms with Gasteiger partial charge in [0.2, 0.25) is 0 Å². The molecule has 0 aliphatic carbocycles. The number of hydrogen-bond donors (Lipinski definition) is 1. The molecule has 2 aromatic rings. The van der Waals surface area contributed by atoms with E-state index < -0.39 is 0 Å². The number of aromatic nitrogens is 3. The largest absolute Gasteiger partial charge is 0.305 e. The van der Waals surface area contributed by atoms with Crippen molar-refractivity contribution >= 4 is 15.9 Å². The molecule has 19 heavy (non-hydrogen) atoms. The zero-order valence-electron chi connectivity index (χ0n) is 11.5. The summed E-state index contributed by atoms with van der Waals surface area (Å²) in [4.78, 5) is 0. The summed E-state index contributed by atoms with van der Waals surface area (Å²) >= 11 is 3.54. The van der Waals surface area contributed by atoms with Gasteiger partial charge in [0.1, 0.15) is 0 Å². The molecule has 1 unspecified atom stereocenters. The highest BCUT2D eigenvalue weighted by molar-refractivity contribution is 9.10. The highest BCUT2D eigenvalue weighted by Gasteiger charge is 2.17. The third-order valence-electron chi connectivity index (χ3n) is 3.16. The second-order valence-corrected chi connectivity index (χ2v) is 5.53. The molecule has 0 saturated carbocycles. The minimum atomic E-state index is 0.131. The van der Waals surface area contributed by atoms with E-state index in [1.165, 1.54) is 11.1 Å². The summed E-state index contributed by atoms with van der Waals surface area (Å²) < 4.78 is 2.96. The Labute approximate surface area is 122 Å². The molecule has 1 aromatic carbocycles. The van der Waals surface area contributed by atoms with Crippen LogP contribution < -0.4 is 5.32 Å². The van der Waals surface area contributed by atoms with Crippen LogP contribution >= 0.6 is 15.9 Å². The third kappa shape index (κ3) is 3.22. The number of benzene rings is 1. The molecule has 1 N–H and O–H groups in total. The van der Waals surface area contributed by atoms with Gasteiger partial charge in [-0.25, -0.2) is 0 Å². The van der Waals surface area contributed by atoms with Crippen LogP contribution in [0.5, 0.6) is 0 Å². The fourth-order valence-corrected chi connectivity index (χ4v) is 2.33. The zero-order valence-corrected chi connectivity index (χ0v) is 13.1. The summed E-state index contributed by atoms with van der Waals surface area (Å²) in [6, 6.07) is 6.56. The molecule has 0 aliphatic heterocycles. The van der Waals surface area contributed by atoms with E-state index in [1.807, 2.05) is 17.9 Å².